The van der Waals surface area contributed by atoms with Crippen LogP contribution in [0.1, 0.15) is 5.69 Å². The lowest BCUT2D eigenvalue weighted by molar-refractivity contribution is -0.141. The maximum atomic E-state index is 12.9. The van der Waals surface area contributed by atoms with Crippen molar-refractivity contribution in [2.75, 3.05) is 17.2 Å². The Morgan fingerprint density at radius 1 is 1.25 bits per heavy atom. The third-order valence-electron chi connectivity index (χ3n) is 2.63. The van der Waals surface area contributed by atoms with E-state index in [4.69, 9.17) is 28.3 Å². The number of halogens is 5. The van der Waals surface area contributed by atoms with Crippen molar-refractivity contribution in [3.05, 3.63) is 40.0 Å². The molecule has 0 unspecified atom stereocenters. The minimum Gasteiger partial charge on any atom is -0.480 e. The van der Waals surface area contributed by atoms with Crippen molar-refractivity contribution in [1.29, 1.82) is 0 Å². The summed E-state index contributed by atoms with van der Waals surface area (Å²) in [7, 11) is 0. The zero-order valence-corrected chi connectivity index (χ0v) is 13.2. The predicted octanol–water partition coefficient (Wildman–Crippen LogP) is 4.04. The van der Waals surface area contributed by atoms with Gasteiger partial charge in [-0.2, -0.15) is 18.2 Å². The fraction of sp³-hybridized carbons (Fsp3) is 0.154. The van der Waals surface area contributed by atoms with Crippen molar-refractivity contribution in [1.82, 2.24) is 9.97 Å². The van der Waals surface area contributed by atoms with E-state index in [1.54, 1.807) is 6.07 Å². The average Bonchev–Trinajstić information content (AvgIpc) is 2.49. The number of anilines is 3. The van der Waals surface area contributed by atoms with E-state index in [0.29, 0.717) is 6.07 Å². The first-order valence-corrected chi connectivity index (χ1v) is 7.05. The van der Waals surface area contributed by atoms with E-state index in [9.17, 15) is 18.0 Å². The number of nitrogens with zero attached hydrogens (tertiary/aromatic N) is 2. The SMILES string of the molecule is O=C(O)CNc1nc(Nc2cccc(Cl)c2Cl)cc(C(F)(F)F)n1. The number of nitrogens with one attached hydrogen (secondary N) is 2. The minimum absolute atomic E-state index is 0.103. The lowest BCUT2D eigenvalue weighted by atomic mass is 10.3. The molecule has 2 rings (SSSR count). The quantitative estimate of drug-likeness (QED) is 0.725. The Bertz CT molecular complexity index is 771. The van der Waals surface area contributed by atoms with Gasteiger partial charge < -0.3 is 15.7 Å². The number of alkyl halides is 3. The maximum absolute atomic E-state index is 12.9. The molecule has 6 nitrogen and oxygen atoms in total. The summed E-state index contributed by atoms with van der Waals surface area (Å²) in [5, 5.41) is 13.7. The number of benzene rings is 1. The number of hydrogen-bond donors (Lipinski definition) is 3. The normalized spacial score (nSPS) is 11.2. The Labute approximate surface area is 143 Å². The molecule has 0 saturated carbocycles. The molecule has 1 heterocycles. The molecule has 0 aliphatic rings. The van der Waals surface area contributed by atoms with E-state index in [2.05, 4.69) is 20.6 Å². The van der Waals surface area contributed by atoms with Gasteiger partial charge in [0.1, 0.15) is 12.4 Å². The molecule has 0 atom stereocenters. The first-order chi connectivity index (χ1) is 11.2. The van der Waals surface area contributed by atoms with E-state index >= 15 is 0 Å². The number of hydrogen-bond acceptors (Lipinski definition) is 5. The van der Waals surface area contributed by atoms with E-state index in [0.717, 1.165) is 0 Å². The molecule has 0 aliphatic carbocycles. The summed E-state index contributed by atoms with van der Waals surface area (Å²) >= 11 is 11.8. The van der Waals surface area contributed by atoms with Gasteiger partial charge in [-0.15, -0.1) is 0 Å². The van der Waals surface area contributed by atoms with E-state index in [1.165, 1.54) is 12.1 Å². The van der Waals surface area contributed by atoms with Crippen LogP contribution in [-0.4, -0.2) is 27.6 Å². The molecule has 0 spiro atoms. The molecule has 0 fully saturated rings. The van der Waals surface area contributed by atoms with Crippen molar-refractivity contribution in [3.8, 4) is 0 Å². The first kappa shape index (κ1) is 18.1. The molecular formula is C13H9Cl2F3N4O2. The summed E-state index contributed by atoms with van der Waals surface area (Å²) in [5.41, 5.74) is -1.01. The zero-order valence-electron chi connectivity index (χ0n) is 11.7. The molecule has 1 aromatic heterocycles. The van der Waals surface area contributed by atoms with Gasteiger partial charge >= 0.3 is 12.1 Å². The van der Waals surface area contributed by atoms with Gasteiger partial charge in [0.2, 0.25) is 5.95 Å². The monoisotopic (exact) mass is 380 g/mol. The Kier molecular flexibility index (Phi) is 5.35. The fourth-order valence-electron chi connectivity index (χ4n) is 1.63. The van der Waals surface area contributed by atoms with Gasteiger partial charge in [0.25, 0.3) is 0 Å². The van der Waals surface area contributed by atoms with Crippen molar-refractivity contribution in [3.63, 3.8) is 0 Å². The molecule has 128 valence electrons. The maximum Gasteiger partial charge on any atom is 0.433 e. The summed E-state index contributed by atoms with van der Waals surface area (Å²) in [4.78, 5) is 17.6. The summed E-state index contributed by atoms with van der Waals surface area (Å²) in [5.74, 6) is -1.99. The number of carboxylic acid groups (broad SMARTS) is 1. The highest BCUT2D eigenvalue weighted by molar-refractivity contribution is 6.43. The van der Waals surface area contributed by atoms with Crippen LogP contribution in [0.2, 0.25) is 10.0 Å². The summed E-state index contributed by atoms with van der Waals surface area (Å²) < 4.78 is 38.8. The fourth-order valence-corrected chi connectivity index (χ4v) is 1.98. The van der Waals surface area contributed by atoms with Gasteiger partial charge in [-0.1, -0.05) is 29.3 Å². The van der Waals surface area contributed by atoms with Gasteiger partial charge in [-0.3, -0.25) is 4.79 Å². The van der Waals surface area contributed by atoms with Crippen molar-refractivity contribution >= 4 is 46.6 Å². The molecule has 0 bridgehead atoms. The number of aliphatic carboxylic acids is 1. The van der Waals surface area contributed by atoms with Gasteiger partial charge in [-0.25, -0.2) is 4.98 Å². The molecule has 0 amide bonds. The van der Waals surface area contributed by atoms with Gasteiger partial charge in [0, 0.05) is 6.07 Å². The molecule has 1 aromatic carbocycles. The number of carboxylic acids is 1. The van der Waals surface area contributed by atoms with Gasteiger partial charge in [0.05, 0.1) is 15.7 Å². The second-order valence-corrected chi connectivity index (χ2v) is 5.22. The highest BCUT2D eigenvalue weighted by Gasteiger charge is 2.34. The molecule has 0 aliphatic heterocycles. The Morgan fingerprint density at radius 3 is 2.58 bits per heavy atom. The van der Waals surface area contributed by atoms with Crippen LogP contribution >= 0.6 is 23.2 Å². The Balaban J connectivity index is 2.38. The van der Waals surface area contributed by atoms with Crippen LogP contribution in [0.15, 0.2) is 24.3 Å². The van der Waals surface area contributed by atoms with Crippen LogP contribution in [0, 0.1) is 0 Å². The Hall–Kier alpha value is -2.26. The molecule has 24 heavy (non-hydrogen) atoms. The van der Waals surface area contributed by atoms with Gasteiger partial charge in [0.15, 0.2) is 5.69 Å². The van der Waals surface area contributed by atoms with E-state index < -0.39 is 30.3 Å². The second-order valence-electron chi connectivity index (χ2n) is 4.43. The van der Waals surface area contributed by atoms with Crippen LogP contribution in [0.5, 0.6) is 0 Å². The van der Waals surface area contributed by atoms with E-state index in [1.807, 2.05) is 0 Å². The molecule has 0 saturated heterocycles. The minimum atomic E-state index is -4.74. The molecular weight excluding hydrogens is 372 g/mol. The third kappa shape index (κ3) is 4.62. The highest BCUT2D eigenvalue weighted by atomic mass is 35.5. The van der Waals surface area contributed by atoms with Crippen LogP contribution in [-0.2, 0) is 11.0 Å². The van der Waals surface area contributed by atoms with Crippen molar-refractivity contribution < 1.29 is 23.1 Å². The van der Waals surface area contributed by atoms with Crippen LogP contribution < -0.4 is 10.6 Å². The van der Waals surface area contributed by atoms with Crippen LogP contribution in [0.25, 0.3) is 0 Å². The average molecular weight is 381 g/mol. The standard InChI is InChI=1S/C13H9Cl2F3N4O2/c14-6-2-1-3-7(11(6)15)20-9-4-8(13(16,17)18)21-12(22-9)19-5-10(23)24/h1-4H,5H2,(H,23,24)(H2,19,20,21,22). The third-order valence-corrected chi connectivity index (χ3v) is 3.45. The largest absolute Gasteiger partial charge is 0.480 e. The second kappa shape index (κ2) is 7.10. The number of aromatic nitrogens is 2. The first-order valence-electron chi connectivity index (χ1n) is 6.30. The molecule has 0 radical (unpaired) electrons. The number of rotatable bonds is 5. The summed E-state index contributed by atoms with van der Waals surface area (Å²) in [6, 6.07) is 5.22. The zero-order chi connectivity index (χ0) is 17.9. The van der Waals surface area contributed by atoms with Crippen LogP contribution in [0.4, 0.5) is 30.6 Å². The molecule has 3 N–H and O–H groups in total. The van der Waals surface area contributed by atoms with Gasteiger partial charge in [-0.05, 0) is 12.1 Å². The van der Waals surface area contributed by atoms with Crippen molar-refractivity contribution in [2.24, 2.45) is 0 Å². The molecule has 11 heteroatoms. The Morgan fingerprint density at radius 2 is 1.96 bits per heavy atom. The lowest BCUT2D eigenvalue weighted by Crippen LogP contribution is -2.17. The lowest BCUT2D eigenvalue weighted by Gasteiger charge is -2.13. The van der Waals surface area contributed by atoms with Crippen molar-refractivity contribution in [2.45, 2.75) is 6.18 Å². The topological polar surface area (TPSA) is 87.1 Å². The number of carbonyl (C=O) groups is 1. The van der Waals surface area contributed by atoms with E-state index in [-0.39, 0.29) is 21.6 Å². The predicted molar refractivity (Wildman–Crippen MR) is 82.9 cm³/mol. The smallest absolute Gasteiger partial charge is 0.433 e. The molecule has 2 aromatic rings. The summed E-state index contributed by atoms with van der Waals surface area (Å²) in [6.07, 6.45) is -4.74. The van der Waals surface area contributed by atoms with Crippen LogP contribution in [0.3, 0.4) is 0 Å². The summed E-state index contributed by atoms with van der Waals surface area (Å²) in [6.45, 7) is -0.640. The highest BCUT2D eigenvalue weighted by Crippen LogP contribution is 2.33.